The number of likely N-dealkylation sites (N-methyl/N-ethyl adjacent to an activating group) is 1. The van der Waals surface area contributed by atoms with Crippen molar-refractivity contribution in [2.45, 2.75) is 83.3 Å². The molecule has 138 valence electrons. The molecule has 3 atom stereocenters. The molecule has 0 amide bonds. The zero-order valence-corrected chi connectivity index (χ0v) is 15.5. The van der Waals surface area contributed by atoms with E-state index in [9.17, 15) is 9.90 Å². The van der Waals surface area contributed by atoms with Crippen molar-refractivity contribution in [1.82, 2.24) is 4.90 Å². The van der Waals surface area contributed by atoms with E-state index < -0.39 is 12.1 Å². The molecule has 0 unspecified atom stereocenters. The molecule has 0 saturated carbocycles. The van der Waals surface area contributed by atoms with Crippen LogP contribution in [0.2, 0.25) is 0 Å². The van der Waals surface area contributed by atoms with Crippen LogP contribution in [0, 0.1) is 5.92 Å². The van der Waals surface area contributed by atoms with Crippen molar-refractivity contribution in [1.29, 1.82) is 0 Å². The fourth-order valence-corrected chi connectivity index (χ4v) is 3.52. The van der Waals surface area contributed by atoms with E-state index in [0.29, 0.717) is 12.8 Å². The number of nitrogens with zero attached hydrogens (tertiary/aromatic N) is 1. The summed E-state index contributed by atoms with van der Waals surface area (Å²) in [6.45, 7) is 2.57. The van der Waals surface area contributed by atoms with E-state index in [1.54, 1.807) is 6.08 Å². The first-order valence-electron chi connectivity index (χ1n) is 10.6. The Morgan fingerprint density at radius 1 is 1.25 bits per heavy atom. The van der Waals surface area contributed by atoms with Crippen molar-refractivity contribution in [3.63, 3.8) is 0 Å². The predicted molar refractivity (Wildman–Crippen MR) is 102 cm³/mol. The van der Waals surface area contributed by atoms with Gasteiger partial charge in [0, 0.05) is 6.42 Å². The van der Waals surface area contributed by atoms with Gasteiger partial charge in [0.2, 0.25) is 0 Å². The van der Waals surface area contributed by atoms with Gasteiger partial charge in [0.25, 0.3) is 0 Å². The number of hydrogen-bond acceptors (Lipinski definition) is 3. The number of rotatable bonds is 5. The van der Waals surface area contributed by atoms with Crippen LogP contribution in [0.25, 0.3) is 0 Å². The third-order valence-electron chi connectivity index (χ3n) is 5.14. The molecular formula is C21H37NO2. The standard InChI is InChI=1S/C21H37NO2/c1-4-5-12-15-18(2)21(24)20-19(23)16-13-10-8-6-7-9-11-14-17-22(20)3/h4-5,12,18,20-21,24H,1,6-11,13-17H2,2-3H3/b12-5+/t18-,20-,21-/m1/s1/i1D2. The maximum Gasteiger partial charge on any atom is 0.152 e. The molecule has 0 aliphatic carbocycles. The van der Waals surface area contributed by atoms with Crippen LogP contribution >= 0.6 is 0 Å². The minimum Gasteiger partial charge on any atom is -0.391 e. The van der Waals surface area contributed by atoms with Gasteiger partial charge in [-0.15, -0.1) is 0 Å². The normalized spacial score (nSPS) is 26.5. The summed E-state index contributed by atoms with van der Waals surface area (Å²) in [5.41, 5.74) is 0. The molecular weight excluding hydrogens is 298 g/mol. The van der Waals surface area contributed by atoms with Crippen LogP contribution < -0.4 is 0 Å². The number of carbonyl (C=O) groups excluding carboxylic acids is 1. The molecule has 0 aromatic heterocycles. The molecule has 0 aromatic carbocycles. The number of allylic oxidation sites excluding steroid dienone is 3. The van der Waals surface area contributed by atoms with Crippen molar-refractivity contribution < 1.29 is 12.6 Å². The van der Waals surface area contributed by atoms with Crippen LogP contribution in [0.15, 0.2) is 24.8 Å². The van der Waals surface area contributed by atoms with E-state index in [-0.39, 0.29) is 18.2 Å². The molecule has 1 aliphatic heterocycles. The molecule has 1 fully saturated rings. The molecule has 1 N–H and O–H groups in total. The highest BCUT2D eigenvalue weighted by atomic mass is 16.3. The average molecular weight is 338 g/mol. The maximum absolute atomic E-state index is 12.8. The monoisotopic (exact) mass is 337 g/mol. The smallest absolute Gasteiger partial charge is 0.152 e. The Kier molecular flexibility index (Phi) is 9.26. The number of aliphatic hydroxyl groups is 1. The lowest BCUT2D eigenvalue weighted by atomic mass is 9.89. The molecule has 3 heteroatoms. The maximum atomic E-state index is 12.8. The van der Waals surface area contributed by atoms with Crippen LogP contribution in [-0.4, -0.2) is 41.5 Å². The van der Waals surface area contributed by atoms with Gasteiger partial charge in [-0.05, 0) is 38.8 Å². The second kappa shape index (κ2) is 12.4. The summed E-state index contributed by atoms with van der Waals surface area (Å²) in [7, 11) is 1.96. The lowest BCUT2D eigenvalue weighted by molar-refractivity contribution is -0.129. The van der Waals surface area contributed by atoms with Gasteiger partial charge >= 0.3 is 0 Å². The summed E-state index contributed by atoms with van der Waals surface area (Å²) in [5, 5.41) is 10.9. The minimum atomic E-state index is -0.697. The topological polar surface area (TPSA) is 40.5 Å². The van der Waals surface area contributed by atoms with Gasteiger partial charge in [-0.3, -0.25) is 9.69 Å². The van der Waals surface area contributed by atoms with Crippen LogP contribution in [0.4, 0.5) is 0 Å². The third-order valence-corrected chi connectivity index (χ3v) is 5.14. The Morgan fingerprint density at radius 3 is 2.54 bits per heavy atom. The second-order valence-electron chi connectivity index (χ2n) is 7.27. The van der Waals surface area contributed by atoms with Crippen molar-refractivity contribution in [3.05, 3.63) is 24.8 Å². The van der Waals surface area contributed by atoms with Crippen molar-refractivity contribution in [3.8, 4) is 0 Å². The van der Waals surface area contributed by atoms with E-state index in [4.69, 9.17) is 2.74 Å². The summed E-state index contributed by atoms with van der Waals surface area (Å²) < 4.78 is 14.1. The fraction of sp³-hybridized carbons (Fsp3) is 0.762. The van der Waals surface area contributed by atoms with Gasteiger partial charge in [0.05, 0.1) is 14.9 Å². The quantitative estimate of drug-likeness (QED) is 0.750. The number of aliphatic hydroxyl groups excluding tert-OH is 1. The lowest BCUT2D eigenvalue weighted by Crippen LogP contribution is -2.49. The van der Waals surface area contributed by atoms with E-state index in [1.807, 2.05) is 20.0 Å². The molecule has 1 heterocycles. The Labute approximate surface area is 151 Å². The van der Waals surface area contributed by atoms with Crippen LogP contribution in [0.1, 0.15) is 73.9 Å². The first-order chi connectivity index (χ1) is 12.4. The lowest BCUT2D eigenvalue weighted by Gasteiger charge is -2.33. The molecule has 0 bridgehead atoms. The van der Waals surface area contributed by atoms with Gasteiger partial charge < -0.3 is 5.11 Å². The number of hydrogen-bond donors (Lipinski definition) is 1. The Bertz CT molecular complexity index is 461. The summed E-state index contributed by atoms with van der Waals surface area (Å²) in [4.78, 5) is 14.9. The van der Waals surface area contributed by atoms with E-state index in [2.05, 4.69) is 4.90 Å². The van der Waals surface area contributed by atoms with Crippen LogP contribution in [0.5, 0.6) is 0 Å². The number of carbonyl (C=O) groups is 1. The largest absolute Gasteiger partial charge is 0.391 e. The third kappa shape index (κ3) is 7.76. The van der Waals surface area contributed by atoms with Gasteiger partial charge in [-0.25, -0.2) is 0 Å². The first-order valence-corrected chi connectivity index (χ1v) is 9.64. The number of ketones is 1. The van der Waals surface area contributed by atoms with Crippen molar-refractivity contribution in [2.75, 3.05) is 13.6 Å². The summed E-state index contributed by atoms with van der Waals surface area (Å²) in [6, 6.07) is -0.433. The highest BCUT2D eigenvalue weighted by Crippen LogP contribution is 2.21. The summed E-state index contributed by atoms with van der Waals surface area (Å²) in [5.74, 6) is 0.112. The SMILES string of the molecule is [2H]C([2H])=C/C=C/C[C@@H](C)[C@@H](O)[C@H]1C(=O)CCCCCCCCCCN1C. The first kappa shape index (κ1) is 17.9. The Balaban J connectivity index is 2.73. The van der Waals surface area contributed by atoms with Crippen molar-refractivity contribution >= 4 is 5.78 Å². The van der Waals surface area contributed by atoms with Gasteiger partial charge in [-0.2, -0.15) is 0 Å². The molecule has 24 heavy (non-hydrogen) atoms. The predicted octanol–water partition coefficient (Wildman–Crippen LogP) is 4.51. The van der Waals surface area contributed by atoms with Gasteiger partial charge in [0.1, 0.15) is 0 Å². The van der Waals surface area contributed by atoms with Crippen molar-refractivity contribution in [2.24, 2.45) is 5.92 Å². The summed E-state index contributed by atoms with van der Waals surface area (Å²) in [6.07, 6.45) is 14.7. The van der Waals surface area contributed by atoms with Gasteiger partial charge in [-0.1, -0.05) is 70.2 Å². The van der Waals surface area contributed by atoms with E-state index in [0.717, 1.165) is 25.8 Å². The van der Waals surface area contributed by atoms with Gasteiger partial charge in [0.15, 0.2) is 5.78 Å². The molecule has 3 nitrogen and oxygen atoms in total. The highest BCUT2D eigenvalue weighted by Gasteiger charge is 2.32. The minimum absolute atomic E-state index is 0.0494. The Hall–Kier alpha value is -0.930. The number of Topliss-reactive ketones (excluding diaryl/α,β-unsaturated/α-hetero) is 1. The second-order valence-corrected chi connectivity index (χ2v) is 7.27. The molecule has 0 aromatic rings. The molecule has 0 spiro atoms. The molecule has 1 saturated heterocycles. The van der Waals surface area contributed by atoms with Crippen LogP contribution in [0.3, 0.4) is 0 Å². The van der Waals surface area contributed by atoms with E-state index >= 15 is 0 Å². The average Bonchev–Trinajstić information content (AvgIpc) is 2.60. The highest BCUT2D eigenvalue weighted by molar-refractivity contribution is 5.84. The molecule has 1 aliphatic rings. The molecule has 0 radical (unpaired) electrons. The zero-order chi connectivity index (χ0) is 19.4. The molecule has 1 rings (SSSR count). The van der Waals surface area contributed by atoms with E-state index in [1.165, 1.54) is 38.2 Å². The van der Waals surface area contributed by atoms with Crippen LogP contribution in [-0.2, 0) is 4.79 Å². The zero-order valence-electron chi connectivity index (χ0n) is 17.5. The fourth-order valence-electron chi connectivity index (χ4n) is 3.52. The summed E-state index contributed by atoms with van der Waals surface area (Å²) >= 11 is 0. The Morgan fingerprint density at radius 2 is 1.88 bits per heavy atom.